The van der Waals surface area contributed by atoms with Gasteiger partial charge in [0.1, 0.15) is 0 Å². The highest BCUT2D eigenvalue weighted by Crippen LogP contribution is 2.24. The van der Waals surface area contributed by atoms with Crippen LogP contribution in [0.1, 0.15) is 39.2 Å². The molecule has 0 aliphatic rings. The Hall–Kier alpha value is -0.240. The largest absolute Gasteiger partial charge is 0.310 e. The standard InChI is InChI=1S/C14H21Cl2N/c1-4-11(5-2)10(3)17-9-12-13(15)7-6-8-14(12)16/h6-8,10-11,17H,4-5,9H2,1-3H3. The molecule has 1 N–H and O–H groups in total. The van der Waals surface area contributed by atoms with E-state index in [4.69, 9.17) is 23.2 Å². The van der Waals surface area contributed by atoms with Gasteiger partial charge in [-0.1, -0.05) is 56.0 Å². The minimum atomic E-state index is 0.484. The number of rotatable bonds is 6. The van der Waals surface area contributed by atoms with Crippen molar-refractivity contribution in [2.45, 2.75) is 46.2 Å². The quantitative estimate of drug-likeness (QED) is 0.777. The lowest BCUT2D eigenvalue weighted by Gasteiger charge is -2.23. The van der Waals surface area contributed by atoms with Crippen molar-refractivity contribution in [1.29, 1.82) is 0 Å². The molecule has 1 atom stereocenters. The van der Waals surface area contributed by atoms with E-state index < -0.39 is 0 Å². The van der Waals surface area contributed by atoms with Gasteiger partial charge in [0.2, 0.25) is 0 Å². The van der Waals surface area contributed by atoms with Gasteiger partial charge in [-0.2, -0.15) is 0 Å². The van der Waals surface area contributed by atoms with Crippen LogP contribution in [-0.4, -0.2) is 6.04 Å². The first kappa shape index (κ1) is 14.8. The lowest BCUT2D eigenvalue weighted by molar-refractivity contribution is 0.353. The fourth-order valence-electron chi connectivity index (χ4n) is 2.13. The SMILES string of the molecule is CCC(CC)C(C)NCc1c(Cl)cccc1Cl. The zero-order valence-electron chi connectivity index (χ0n) is 10.8. The van der Waals surface area contributed by atoms with E-state index >= 15 is 0 Å². The summed E-state index contributed by atoms with van der Waals surface area (Å²) in [6, 6.07) is 6.12. The van der Waals surface area contributed by atoms with E-state index in [0.717, 1.165) is 22.2 Å². The summed E-state index contributed by atoms with van der Waals surface area (Å²) in [6.45, 7) is 7.42. The maximum Gasteiger partial charge on any atom is 0.0465 e. The molecular formula is C14H21Cl2N. The van der Waals surface area contributed by atoms with Crippen LogP contribution in [0, 0.1) is 5.92 Å². The minimum Gasteiger partial charge on any atom is -0.310 e. The second kappa shape index (κ2) is 7.25. The third-order valence-corrected chi connectivity index (χ3v) is 4.13. The number of hydrogen-bond donors (Lipinski definition) is 1. The van der Waals surface area contributed by atoms with Crippen molar-refractivity contribution in [3.05, 3.63) is 33.8 Å². The van der Waals surface area contributed by atoms with Gasteiger partial charge in [-0.25, -0.2) is 0 Å². The summed E-state index contributed by atoms with van der Waals surface area (Å²) < 4.78 is 0. The molecule has 0 amide bonds. The van der Waals surface area contributed by atoms with Crippen molar-refractivity contribution in [3.63, 3.8) is 0 Å². The molecule has 1 nitrogen and oxygen atoms in total. The van der Waals surface area contributed by atoms with Crippen LogP contribution < -0.4 is 5.32 Å². The molecule has 0 saturated carbocycles. The summed E-state index contributed by atoms with van der Waals surface area (Å²) in [5, 5.41) is 4.99. The Kier molecular flexibility index (Phi) is 6.32. The maximum atomic E-state index is 6.14. The van der Waals surface area contributed by atoms with Crippen molar-refractivity contribution in [1.82, 2.24) is 5.32 Å². The predicted molar refractivity (Wildman–Crippen MR) is 76.8 cm³/mol. The van der Waals surface area contributed by atoms with Crippen molar-refractivity contribution in [2.24, 2.45) is 5.92 Å². The monoisotopic (exact) mass is 273 g/mol. The van der Waals surface area contributed by atoms with Crippen molar-refractivity contribution in [2.75, 3.05) is 0 Å². The molecule has 0 saturated heterocycles. The lowest BCUT2D eigenvalue weighted by atomic mass is 9.95. The Balaban J connectivity index is 2.61. The molecule has 96 valence electrons. The Morgan fingerprint density at radius 2 is 1.65 bits per heavy atom. The number of hydrogen-bond acceptors (Lipinski definition) is 1. The molecule has 0 fully saturated rings. The molecule has 0 radical (unpaired) electrons. The van der Waals surface area contributed by atoms with Crippen molar-refractivity contribution < 1.29 is 0 Å². The molecule has 17 heavy (non-hydrogen) atoms. The Morgan fingerprint density at radius 1 is 1.12 bits per heavy atom. The van der Waals surface area contributed by atoms with E-state index in [1.54, 1.807) is 0 Å². The Bertz CT molecular complexity index is 328. The molecule has 1 rings (SSSR count). The van der Waals surface area contributed by atoms with Gasteiger partial charge < -0.3 is 5.32 Å². The number of benzene rings is 1. The molecule has 1 aromatic rings. The molecule has 0 heterocycles. The second-order valence-corrected chi connectivity index (χ2v) is 5.26. The van der Waals surface area contributed by atoms with Crippen molar-refractivity contribution in [3.8, 4) is 0 Å². The van der Waals surface area contributed by atoms with Gasteiger partial charge in [-0.15, -0.1) is 0 Å². The third-order valence-electron chi connectivity index (χ3n) is 3.42. The first-order valence-corrected chi connectivity index (χ1v) is 7.02. The van der Waals surface area contributed by atoms with Crippen LogP contribution in [0.4, 0.5) is 0 Å². The highest BCUT2D eigenvalue weighted by Gasteiger charge is 2.14. The van der Waals surface area contributed by atoms with E-state index in [9.17, 15) is 0 Å². The summed E-state index contributed by atoms with van der Waals surface area (Å²) in [4.78, 5) is 0. The summed E-state index contributed by atoms with van der Waals surface area (Å²) in [7, 11) is 0. The van der Waals surface area contributed by atoms with Crippen LogP contribution in [0.5, 0.6) is 0 Å². The van der Waals surface area contributed by atoms with Crippen LogP contribution in [0.3, 0.4) is 0 Å². The van der Waals surface area contributed by atoms with Gasteiger partial charge in [-0.05, 0) is 25.0 Å². The molecule has 0 aromatic heterocycles. The maximum absolute atomic E-state index is 6.14. The first-order chi connectivity index (χ1) is 8.10. The first-order valence-electron chi connectivity index (χ1n) is 6.26. The van der Waals surface area contributed by atoms with E-state index in [0.29, 0.717) is 12.0 Å². The van der Waals surface area contributed by atoms with Crippen LogP contribution in [0.2, 0.25) is 10.0 Å². The summed E-state index contributed by atoms with van der Waals surface area (Å²) in [6.07, 6.45) is 2.39. The van der Waals surface area contributed by atoms with E-state index in [-0.39, 0.29) is 0 Å². The summed E-state index contributed by atoms with van der Waals surface area (Å²) >= 11 is 12.3. The highest BCUT2D eigenvalue weighted by molar-refractivity contribution is 6.35. The third kappa shape index (κ3) is 4.17. The van der Waals surface area contributed by atoms with E-state index in [2.05, 4.69) is 26.1 Å². The highest BCUT2D eigenvalue weighted by atomic mass is 35.5. The fraction of sp³-hybridized carbons (Fsp3) is 0.571. The molecular weight excluding hydrogens is 253 g/mol. The van der Waals surface area contributed by atoms with Gasteiger partial charge in [-0.3, -0.25) is 0 Å². The smallest absolute Gasteiger partial charge is 0.0465 e. The Labute approximate surface area is 115 Å². The van der Waals surface area contributed by atoms with E-state index in [1.165, 1.54) is 12.8 Å². The van der Waals surface area contributed by atoms with Gasteiger partial charge in [0.05, 0.1) is 0 Å². The number of halogens is 2. The molecule has 0 aliphatic carbocycles. The van der Waals surface area contributed by atoms with Crippen molar-refractivity contribution >= 4 is 23.2 Å². The molecule has 0 spiro atoms. The molecule has 0 bridgehead atoms. The van der Waals surface area contributed by atoms with E-state index in [1.807, 2.05) is 18.2 Å². The van der Waals surface area contributed by atoms with Crippen LogP contribution in [-0.2, 0) is 6.54 Å². The van der Waals surface area contributed by atoms with Gasteiger partial charge in [0.15, 0.2) is 0 Å². The minimum absolute atomic E-state index is 0.484. The number of nitrogens with one attached hydrogen (secondary N) is 1. The topological polar surface area (TPSA) is 12.0 Å². The van der Waals surface area contributed by atoms with Crippen LogP contribution in [0.25, 0.3) is 0 Å². The van der Waals surface area contributed by atoms with Gasteiger partial charge in [0.25, 0.3) is 0 Å². The predicted octanol–water partition coefficient (Wildman–Crippen LogP) is 4.91. The zero-order valence-corrected chi connectivity index (χ0v) is 12.3. The van der Waals surface area contributed by atoms with Crippen LogP contribution in [0.15, 0.2) is 18.2 Å². The molecule has 1 unspecified atom stereocenters. The average Bonchev–Trinajstić information content (AvgIpc) is 2.30. The molecule has 0 aliphatic heterocycles. The van der Waals surface area contributed by atoms with Gasteiger partial charge in [0, 0.05) is 28.2 Å². The van der Waals surface area contributed by atoms with Crippen LogP contribution >= 0.6 is 23.2 Å². The zero-order chi connectivity index (χ0) is 12.8. The van der Waals surface area contributed by atoms with Gasteiger partial charge >= 0.3 is 0 Å². The normalized spacial score (nSPS) is 13.1. The molecule has 1 aromatic carbocycles. The summed E-state index contributed by atoms with van der Waals surface area (Å²) in [5.41, 5.74) is 0.994. The lowest BCUT2D eigenvalue weighted by Crippen LogP contribution is -2.32. The Morgan fingerprint density at radius 3 is 2.12 bits per heavy atom. The fourth-order valence-corrected chi connectivity index (χ4v) is 2.66. The molecule has 3 heteroatoms. The average molecular weight is 274 g/mol. The second-order valence-electron chi connectivity index (χ2n) is 4.45. The summed E-state index contributed by atoms with van der Waals surface area (Å²) in [5.74, 6) is 0.705.